The zero-order valence-electron chi connectivity index (χ0n) is 15.3. The standard InChI is InChI=1S/C20H21NO6/c1-11(2)9-21-19(24)12-4-5-14(16(6-12)20(25)26)15-8-17(23)18(27-3)7-13(15)10-22/h4-8,10-11,23H,9H2,1-3H3,(H,21,24)(H,25,26). The maximum Gasteiger partial charge on any atom is 0.336 e. The van der Waals surface area contributed by atoms with Crippen molar-refractivity contribution >= 4 is 18.2 Å². The summed E-state index contributed by atoms with van der Waals surface area (Å²) in [5.41, 5.74) is 0.643. The summed E-state index contributed by atoms with van der Waals surface area (Å²) in [4.78, 5) is 35.4. The van der Waals surface area contributed by atoms with Gasteiger partial charge in [-0.15, -0.1) is 0 Å². The number of rotatable bonds is 7. The molecule has 27 heavy (non-hydrogen) atoms. The molecule has 0 bridgehead atoms. The molecule has 0 aliphatic carbocycles. The molecule has 0 saturated heterocycles. The van der Waals surface area contributed by atoms with Crippen LogP contribution in [0.2, 0.25) is 0 Å². The van der Waals surface area contributed by atoms with Crippen LogP contribution in [-0.4, -0.2) is 42.0 Å². The summed E-state index contributed by atoms with van der Waals surface area (Å²) < 4.78 is 4.97. The third-order valence-corrected chi connectivity index (χ3v) is 3.95. The van der Waals surface area contributed by atoms with E-state index in [0.29, 0.717) is 12.8 Å². The minimum absolute atomic E-state index is 0.0995. The lowest BCUT2D eigenvalue weighted by molar-refractivity contribution is 0.0697. The van der Waals surface area contributed by atoms with E-state index in [1.807, 2.05) is 13.8 Å². The predicted octanol–water partition coefficient (Wildman–Crippen LogP) is 2.96. The molecule has 0 aliphatic heterocycles. The Labute approximate surface area is 156 Å². The molecular formula is C20H21NO6. The molecule has 2 rings (SSSR count). The number of aromatic carboxylic acids is 1. The lowest BCUT2D eigenvalue weighted by atomic mass is 9.93. The van der Waals surface area contributed by atoms with Crippen molar-refractivity contribution in [2.75, 3.05) is 13.7 Å². The number of phenolic OH excluding ortho intramolecular Hbond substituents is 1. The van der Waals surface area contributed by atoms with Crippen molar-refractivity contribution in [3.63, 3.8) is 0 Å². The molecule has 0 unspecified atom stereocenters. The SMILES string of the molecule is COc1cc(C=O)c(-c2ccc(C(=O)NCC(C)C)cc2C(=O)O)cc1O. The summed E-state index contributed by atoms with van der Waals surface area (Å²) in [6.45, 7) is 4.36. The minimum Gasteiger partial charge on any atom is -0.504 e. The number of carboxylic acid groups (broad SMARTS) is 1. The van der Waals surface area contributed by atoms with E-state index in [4.69, 9.17) is 4.74 Å². The number of methoxy groups -OCH3 is 1. The molecule has 2 aromatic rings. The molecule has 0 atom stereocenters. The number of benzene rings is 2. The molecular weight excluding hydrogens is 350 g/mol. The van der Waals surface area contributed by atoms with E-state index in [0.717, 1.165) is 0 Å². The fourth-order valence-corrected chi connectivity index (χ4v) is 2.57. The molecule has 142 valence electrons. The van der Waals surface area contributed by atoms with E-state index >= 15 is 0 Å². The fraction of sp³-hybridized carbons (Fsp3) is 0.250. The van der Waals surface area contributed by atoms with Crippen molar-refractivity contribution in [3.05, 3.63) is 47.0 Å². The quantitative estimate of drug-likeness (QED) is 0.645. The monoisotopic (exact) mass is 371 g/mol. The van der Waals surface area contributed by atoms with Gasteiger partial charge in [-0.05, 0) is 41.3 Å². The predicted molar refractivity (Wildman–Crippen MR) is 99.6 cm³/mol. The van der Waals surface area contributed by atoms with Crippen LogP contribution < -0.4 is 10.1 Å². The number of hydrogen-bond acceptors (Lipinski definition) is 5. The Morgan fingerprint density at radius 3 is 2.44 bits per heavy atom. The van der Waals surface area contributed by atoms with E-state index in [2.05, 4.69) is 5.32 Å². The van der Waals surface area contributed by atoms with E-state index in [1.54, 1.807) is 0 Å². The van der Waals surface area contributed by atoms with Crippen molar-refractivity contribution in [1.29, 1.82) is 0 Å². The second-order valence-electron chi connectivity index (χ2n) is 6.40. The smallest absolute Gasteiger partial charge is 0.336 e. The second kappa shape index (κ2) is 8.35. The van der Waals surface area contributed by atoms with E-state index < -0.39 is 5.97 Å². The number of carboxylic acids is 1. The van der Waals surface area contributed by atoms with Gasteiger partial charge in [-0.3, -0.25) is 9.59 Å². The van der Waals surface area contributed by atoms with E-state index in [9.17, 15) is 24.6 Å². The molecule has 0 aromatic heterocycles. The van der Waals surface area contributed by atoms with Crippen LogP contribution in [0.3, 0.4) is 0 Å². The van der Waals surface area contributed by atoms with Gasteiger partial charge in [0.05, 0.1) is 12.7 Å². The maximum atomic E-state index is 12.2. The maximum absolute atomic E-state index is 12.2. The molecule has 0 spiro atoms. The second-order valence-corrected chi connectivity index (χ2v) is 6.40. The van der Waals surface area contributed by atoms with Crippen LogP contribution in [0.4, 0.5) is 0 Å². The first-order chi connectivity index (χ1) is 12.8. The van der Waals surface area contributed by atoms with E-state index in [-0.39, 0.29) is 51.1 Å². The van der Waals surface area contributed by atoms with Gasteiger partial charge in [0.25, 0.3) is 5.91 Å². The molecule has 3 N–H and O–H groups in total. The van der Waals surface area contributed by atoms with Crippen molar-refractivity contribution in [2.24, 2.45) is 5.92 Å². The number of aromatic hydroxyl groups is 1. The van der Waals surface area contributed by atoms with Crippen LogP contribution in [0.15, 0.2) is 30.3 Å². The third kappa shape index (κ3) is 4.44. The highest BCUT2D eigenvalue weighted by atomic mass is 16.5. The minimum atomic E-state index is -1.25. The van der Waals surface area contributed by atoms with Gasteiger partial charge in [-0.1, -0.05) is 19.9 Å². The molecule has 0 radical (unpaired) electrons. The number of hydrogen-bond donors (Lipinski definition) is 3. The van der Waals surface area contributed by atoms with Crippen molar-refractivity contribution < 1.29 is 29.3 Å². The van der Waals surface area contributed by atoms with Gasteiger partial charge >= 0.3 is 5.97 Å². The average molecular weight is 371 g/mol. The molecule has 0 aliphatic rings. The summed E-state index contributed by atoms with van der Waals surface area (Å²) >= 11 is 0. The Morgan fingerprint density at radius 2 is 1.89 bits per heavy atom. The number of amides is 1. The molecule has 0 saturated carbocycles. The Balaban J connectivity index is 2.55. The normalized spacial score (nSPS) is 10.5. The average Bonchev–Trinajstić information content (AvgIpc) is 2.65. The largest absolute Gasteiger partial charge is 0.504 e. The number of ether oxygens (including phenoxy) is 1. The number of carbonyl (C=O) groups is 3. The molecule has 0 heterocycles. The number of carbonyl (C=O) groups excluding carboxylic acids is 2. The summed E-state index contributed by atoms with van der Waals surface area (Å²) in [6, 6.07) is 6.77. The third-order valence-electron chi connectivity index (χ3n) is 3.95. The Hall–Kier alpha value is -3.35. The zero-order chi connectivity index (χ0) is 20.1. The highest BCUT2D eigenvalue weighted by Gasteiger charge is 2.19. The van der Waals surface area contributed by atoms with Crippen LogP contribution in [0, 0.1) is 5.92 Å². The number of nitrogens with one attached hydrogen (secondary N) is 1. The first kappa shape index (κ1) is 20.0. The Bertz CT molecular complexity index is 888. The molecule has 2 aromatic carbocycles. The number of phenols is 1. The lowest BCUT2D eigenvalue weighted by Gasteiger charge is -2.13. The zero-order valence-corrected chi connectivity index (χ0v) is 15.3. The topological polar surface area (TPSA) is 113 Å². The summed E-state index contributed by atoms with van der Waals surface area (Å²) in [5, 5.41) is 22.3. The van der Waals surface area contributed by atoms with Crippen LogP contribution in [0.5, 0.6) is 11.5 Å². The first-order valence-electron chi connectivity index (χ1n) is 8.30. The summed E-state index contributed by atoms with van der Waals surface area (Å²) in [5.74, 6) is -1.51. The van der Waals surface area contributed by atoms with Crippen LogP contribution in [0.25, 0.3) is 11.1 Å². The fourth-order valence-electron chi connectivity index (χ4n) is 2.57. The molecule has 7 nitrogen and oxygen atoms in total. The van der Waals surface area contributed by atoms with Crippen molar-refractivity contribution in [1.82, 2.24) is 5.32 Å². The van der Waals surface area contributed by atoms with Gasteiger partial charge in [0.2, 0.25) is 0 Å². The van der Waals surface area contributed by atoms with Crippen LogP contribution in [0.1, 0.15) is 44.9 Å². The summed E-state index contributed by atoms with van der Waals surface area (Å²) in [7, 11) is 1.34. The Kier molecular flexibility index (Phi) is 6.18. The van der Waals surface area contributed by atoms with Crippen LogP contribution >= 0.6 is 0 Å². The van der Waals surface area contributed by atoms with Crippen LogP contribution in [-0.2, 0) is 0 Å². The molecule has 0 fully saturated rings. The van der Waals surface area contributed by atoms with Gasteiger partial charge in [0.1, 0.15) is 0 Å². The highest BCUT2D eigenvalue weighted by Crippen LogP contribution is 2.36. The Morgan fingerprint density at radius 1 is 1.19 bits per heavy atom. The summed E-state index contributed by atoms with van der Waals surface area (Å²) in [6.07, 6.45) is 0.548. The van der Waals surface area contributed by atoms with Gasteiger partial charge < -0.3 is 20.3 Å². The lowest BCUT2D eigenvalue weighted by Crippen LogP contribution is -2.27. The van der Waals surface area contributed by atoms with Gasteiger partial charge in [0.15, 0.2) is 17.8 Å². The van der Waals surface area contributed by atoms with Gasteiger partial charge in [0, 0.05) is 17.7 Å². The first-order valence-corrected chi connectivity index (χ1v) is 8.30. The molecule has 7 heteroatoms. The van der Waals surface area contributed by atoms with E-state index in [1.165, 1.54) is 37.4 Å². The number of aldehydes is 1. The highest BCUT2D eigenvalue weighted by molar-refractivity contribution is 6.03. The van der Waals surface area contributed by atoms with Crippen molar-refractivity contribution in [2.45, 2.75) is 13.8 Å². The molecule has 1 amide bonds. The van der Waals surface area contributed by atoms with Gasteiger partial charge in [-0.25, -0.2) is 4.79 Å². The van der Waals surface area contributed by atoms with Crippen molar-refractivity contribution in [3.8, 4) is 22.6 Å². The van der Waals surface area contributed by atoms with Gasteiger partial charge in [-0.2, -0.15) is 0 Å².